The van der Waals surface area contributed by atoms with Crippen molar-refractivity contribution in [2.45, 2.75) is 78.1 Å². The van der Waals surface area contributed by atoms with Crippen LogP contribution in [-0.2, 0) is 9.59 Å². The predicted octanol–water partition coefficient (Wildman–Crippen LogP) is 10.3. The smallest absolute Gasteiger partial charge is 0.161 e. The van der Waals surface area contributed by atoms with Crippen molar-refractivity contribution >= 4 is 40.2 Å². The van der Waals surface area contributed by atoms with Gasteiger partial charge in [0.25, 0.3) is 0 Å². The number of ketones is 2. The zero-order valence-electron chi connectivity index (χ0n) is 33.9. The van der Waals surface area contributed by atoms with E-state index >= 15 is 0 Å². The molecule has 10 rings (SSSR count). The summed E-state index contributed by atoms with van der Waals surface area (Å²) in [5, 5.41) is 19.6. The Kier molecular flexibility index (Phi) is 11.2. The molecule has 1 aliphatic heterocycles. The first-order valence-electron chi connectivity index (χ1n) is 21.3. The molecule has 0 spiro atoms. The van der Waals surface area contributed by atoms with Crippen LogP contribution in [0.25, 0.3) is 28.6 Å². The first-order valence-corrected chi connectivity index (χ1v) is 21.3. The highest BCUT2D eigenvalue weighted by Gasteiger charge is 2.60. The minimum Gasteiger partial charge on any atom is -0.506 e. The van der Waals surface area contributed by atoms with E-state index in [1.807, 2.05) is 24.3 Å². The largest absolute Gasteiger partial charge is 0.506 e. The van der Waals surface area contributed by atoms with Gasteiger partial charge in [-0.05, 0) is 139 Å². The number of likely N-dealkylation sites (tertiary alicyclic amines) is 1. The summed E-state index contributed by atoms with van der Waals surface area (Å²) in [5.74, 6) is 2.66. The Morgan fingerprint density at radius 1 is 0.789 bits per heavy atom. The third-order valence-corrected chi connectivity index (χ3v) is 15.0. The van der Waals surface area contributed by atoms with Crippen LogP contribution in [0.2, 0.25) is 0 Å². The number of phenols is 1. The molecule has 6 aliphatic rings. The summed E-state index contributed by atoms with van der Waals surface area (Å²) in [6.45, 7) is 6.74. The molecule has 0 unspecified atom stereocenters. The highest BCUT2D eigenvalue weighted by Crippen LogP contribution is 2.66. The average molecular weight is 763 g/mol. The molecule has 6 nitrogen and oxygen atoms in total. The summed E-state index contributed by atoms with van der Waals surface area (Å²) in [5.41, 5.74) is 10.9. The molecule has 57 heavy (non-hydrogen) atoms. The maximum atomic E-state index is 12.3. The Morgan fingerprint density at radius 2 is 1.47 bits per heavy atom. The number of Topliss-reactive ketones (excluding diaryl/α,β-unsaturated/α-hetero) is 1. The summed E-state index contributed by atoms with van der Waals surface area (Å²) in [6.07, 6.45) is 18.8. The molecule has 4 aromatic rings. The van der Waals surface area contributed by atoms with Crippen LogP contribution in [-0.4, -0.2) is 58.4 Å². The predicted molar refractivity (Wildman–Crippen MR) is 230 cm³/mol. The first kappa shape index (κ1) is 39.2. The van der Waals surface area contributed by atoms with Gasteiger partial charge >= 0.3 is 0 Å². The fourth-order valence-corrected chi connectivity index (χ4v) is 11.9. The number of rotatable bonds is 2. The number of allylic oxidation sites excluding steroid dienone is 1. The van der Waals surface area contributed by atoms with Crippen LogP contribution in [0.3, 0.4) is 0 Å². The zero-order chi connectivity index (χ0) is 39.7. The van der Waals surface area contributed by atoms with E-state index in [-0.39, 0.29) is 34.9 Å². The summed E-state index contributed by atoms with van der Waals surface area (Å²) >= 11 is 0. The molecular weight excluding hydrogens is 705 g/mol. The number of carbonyl (C=O) groups excluding carboxylic acids is 2. The molecule has 5 aliphatic carbocycles. The van der Waals surface area contributed by atoms with Gasteiger partial charge in [-0.25, -0.2) is 0 Å². The number of benzene rings is 3. The Bertz CT molecular complexity index is 2190. The second-order valence-corrected chi connectivity index (χ2v) is 17.9. The standard InChI is InChI=1S/C21H21N.C21H30O3.C9H7NO/c1-22-14-12-18(13-15-22)21-19-8-4-2-6-16(19)10-11-17-7-3-5-9-20(17)21;1-20-9-7-14(23)11-13(20)3-4-15-16-5-6-18(19(24)12-22)21(16,2)10-8-17(15)20;11-8-5-1-3-7-4-2-6-10-9(7)8/h2-11H,12-15H2,1H3;11,15-18,22H,3-10,12H2,1-2H3;1-6,11H/t;15-,16-,17-,18+,20-,21-;/m.0./s1. The van der Waals surface area contributed by atoms with Crippen LogP contribution in [0.4, 0.5) is 0 Å². The molecule has 4 fully saturated rings. The molecule has 1 aromatic heterocycles. The van der Waals surface area contributed by atoms with Gasteiger partial charge in [-0.2, -0.15) is 0 Å². The molecule has 2 N–H and O–H groups in total. The van der Waals surface area contributed by atoms with E-state index in [1.165, 1.54) is 59.1 Å². The van der Waals surface area contributed by atoms with Gasteiger partial charge in [0.2, 0.25) is 0 Å². The number of pyridine rings is 1. The maximum Gasteiger partial charge on any atom is 0.161 e. The third kappa shape index (κ3) is 7.47. The lowest BCUT2D eigenvalue weighted by molar-refractivity contribution is -0.133. The van der Waals surface area contributed by atoms with Crippen LogP contribution >= 0.6 is 0 Å². The van der Waals surface area contributed by atoms with Gasteiger partial charge in [0.1, 0.15) is 17.9 Å². The number of aliphatic hydroxyl groups excluding tert-OH is 1. The lowest BCUT2D eigenvalue weighted by atomic mass is 9.46. The van der Waals surface area contributed by atoms with Gasteiger partial charge in [0.05, 0.1) is 0 Å². The van der Waals surface area contributed by atoms with Crippen molar-refractivity contribution in [2.75, 3.05) is 26.7 Å². The molecule has 1 saturated heterocycles. The molecule has 0 bridgehead atoms. The van der Waals surface area contributed by atoms with Crippen molar-refractivity contribution in [1.29, 1.82) is 0 Å². The molecular formula is C51H58N2O4. The summed E-state index contributed by atoms with van der Waals surface area (Å²) in [7, 11) is 2.22. The lowest BCUT2D eigenvalue weighted by Crippen LogP contribution is -2.51. The van der Waals surface area contributed by atoms with Crippen LogP contribution in [0.1, 0.15) is 100 Å². The fourth-order valence-electron chi connectivity index (χ4n) is 11.9. The SMILES string of the molecule is CN1CCC(=C2c3ccccc3C=Cc3ccccc32)CC1.C[C@]12CC[C@H]3[C@@H](CCC4=CC(=O)CC[C@@]43C)[C@@H]1CC[C@@H]2C(=O)CO.Oc1cccc2cccnc12. The van der Waals surface area contributed by atoms with Crippen molar-refractivity contribution in [1.82, 2.24) is 9.88 Å². The van der Waals surface area contributed by atoms with E-state index in [4.69, 9.17) is 0 Å². The second kappa shape index (κ2) is 16.3. The number of phenolic OH excluding ortho intramolecular Hbond substituents is 1. The Labute approximate surface area is 338 Å². The number of nitrogens with zero attached hydrogens (tertiary/aromatic N) is 2. The van der Waals surface area contributed by atoms with Crippen LogP contribution < -0.4 is 0 Å². The van der Waals surface area contributed by atoms with Crippen LogP contribution in [0.15, 0.2) is 102 Å². The van der Waals surface area contributed by atoms with Crippen molar-refractivity contribution in [3.05, 3.63) is 125 Å². The summed E-state index contributed by atoms with van der Waals surface area (Å²) < 4.78 is 0. The second-order valence-electron chi connectivity index (χ2n) is 17.9. The minimum absolute atomic E-state index is 0.0596. The third-order valence-electron chi connectivity index (χ3n) is 15.0. The minimum atomic E-state index is -0.298. The highest BCUT2D eigenvalue weighted by atomic mass is 16.3. The molecule has 2 heterocycles. The van der Waals surface area contributed by atoms with Gasteiger partial charge in [-0.15, -0.1) is 0 Å². The number of hydrogen-bond donors (Lipinski definition) is 2. The summed E-state index contributed by atoms with van der Waals surface area (Å²) in [6, 6.07) is 26.7. The molecule has 3 aromatic carbocycles. The van der Waals surface area contributed by atoms with Crippen molar-refractivity contribution in [2.24, 2.45) is 34.5 Å². The Morgan fingerprint density at radius 3 is 2.16 bits per heavy atom. The number of hydrogen-bond acceptors (Lipinski definition) is 6. The number of carbonyl (C=O) groups is 2. The van der Waals surface area contributed by atoms with Gasteiger partial charge in [0, 0.05) is 37.0 Å². The monoisotopic (exact) mass is 762 g/mol. The average Bonchev–Trinajstić information content (AvgIpc) is 3.50. The first-order chi connectivity index (χ1) is 27.6. The van der Waals surface area contributed by atoms with Gasteiger partial charge in [-0.3, -0.25) is 14.6 Å². The maximum absolute atomic E-state index is 12.3. The van der Waals surface area contributed by atoms with Crippen molar-refractivity contribution in [3.63, 3.8) is 0 Å². The lowest BCUT2D eigenvalue weighted by Gasteiger charge is -2.58. The number of para-hydroxylation sites is 1. The van der Waals surface area contributed by atoms with E-state index in [0.29, 0.717) is 35.5 Å². The molecule has 0 radical (unpaired) electrons. The zero-order valence-corrected chi connectivity index (χ0v) is 33.9. The highest BCUT2D eigenvalue weighted by molar-refractivity contribution is 5.95. The Balaban J connectivity index is 0.000000128. The van der Waals surface area contributed by atoms with E-state index in [0.717, 1.165) is 50.6 Å². The van der Waals surface area contributed by atoms with Crippen molar-refractivity contribution in [3.8, 4) is 5.75 Å². The van der Waals surface area contributed by atoms with Crippen LogP contribution in [0.5, 0.6) is 5.75 Å². The fraction of sp³-hybridized carbons (Fsp3) is 0.431. The quantitative estimate of drug-likeness (QED) is 0.186. The van der Waals surface area contributed by atoms with Gasteiger partial charge in [-0.1, -0.05) is 104 Å². The van der Waals surface area contributed by atoms with Gasteiger partial charge in [0.15, 0.2) is 11.6 Å². The molecule has 3 saturated carbocycles. The number of piperidine rings is 1. The molecule has 6 atom stereocenters. The topological polar surface area (TPSA) is 90.7 Å². The molecule has 296 valence electrons. The molecule has 6 heteroatoms. The van der Waals surface area contributed by atoms with E-state index in [2.05, 4.69) is 91.5 Å². The number of aromatic hydroxyl groups is 1. The van der Waals surface area contributed by atoms with E-state index < -0.39 is 0 Å². The van der Waals surface area contributed by atoms with Crippen LogP contribution in [0, 0.1) is 34.5 Å². The molecule has 0 amide bonds. The number of aliphatic hydroxyl groups is 1. The summed E-state index contributed by atoms with van der Waals surface area (Å²) in [4.78, 5) is 30.6. The van der Waals surface area contributed by atoms with E-state index in [1.54, 1.807) is 23.9 Å². The number of fused-ring (bicyclic) bond motifs is 8. The van der Waals surface area contributed by atoms with E-state index in [9.17, 15) is 19.8 Å². The number of aromatic nitrogens is 1. The van der Waals surface area contributed by atoms with Gasteiger partial charge < -0.3 is 15.1 Å². The normalized spacial score (nSPS) is 28.8. The van der Waals surface area contributed by atoms with Crippen molar-refractivity contribution < 1.29 is 19.8 Å². The Hall–Kier alpha value is -4.65.